The highest BCUT2D eigenvalue weighted by Gasteiger charge is 2.22. The van der Waals surface area contributed by atoms with Gasteiger partial charge in [-0.05, 0) is 62.2 Å². The smallest absolute Gasteiger partial charge is 0.278 e. The minimum Gasteiger partial charge on any atom is -0.324 e. The van der Waals surface area contributed by atoms with Gasteiger partial charge >= 0.3 is 0 Å². The van der Waals surface area contributed by atoms with Crippen molar-refractivity contribution in [1.29, 1.82) is 0 Å². The SMILES string of the molecule is CC(C)n1c(=O)c2cnc(Nc3ccc4c(c3)CCNC4)nc2n1-c1cccc(C(C)(C)C)n1.Cl.Cl. The first-order chi connectivity index (χ1) is 16.2. The second-order valence-electron chi connectivity index (χ2n) is 10.2. The molecule has 0 fully saturated rings. The zero-order chi connectivity index (χ0) is 24.0. The number of hydrogen-bond donors (Lipinski definition) is 2. The van der Waals surface area contributed by atoms with Crippen LogP contribution in [0.15, 0.2) is 47.4 Å². The van der Waals surface area contributed by atoms with Gasteiger partial charge in [0, 0.05) is 35.6 Å². The fourth-order valence-electron chi connectivity index (χ4n) is 4.39. The van der Waals surface area contributed by atoms with Crippen molar-refractivity contribution in [2.45, 2.75) is 59.0 Å². The van der Waals surface area contributed by atoms with Gasteiger partial charge in [-0.3, -0.25) is 4.79 Å². The van der Waals surface area contributed by atoms with Crippen LogP contribution in [0, 0.1) is 0 Å². The molecule has 1 aliphatic heterocycles. The van der Waals surface area contributed by atoms with E-state index in [2.05, 4.69) is 48.5 Å². The molecule has 0 amide bonds. The summed E-state index contributed by atoms with van der Waals surface area (Å²) in [6.45, 7) is 12.2. The molecule has 0 spiro atoms. The highest BCUT2D eigenvalue weighted by Crippen LogP contribution is 2.25. The summed E-state index contributed by atoms with van der Waals surface area (Å²) in [6.07, 6.45) is 2.61. The van der Waals surface area contributed by atoms with Gasteiger partial charge in [-0.25, -0.2) is 19.3 Å². The lowest BCUT2D eigenvalue weighted by Crippen LogP contribution is -2.25. The quantitative estimate of drug-likeness (QED) is 0.382. The molecule has 1 aliphatic rings. The molecule has 3 aromatic heterocycles. The molecule has 0 atom stereocenters. The van der Waals surface area contributed by atoms with Crippen molar-refractivity contribution in [2.24, 2.45) is 0 Å². The lowest BCUT2D eigenvalue weighted by molar-refractivity contribution is 0.469. The zero-order valence-corrected chi connectivity index (χ0v) is 22.8. The molecule has 0 unspecified atom stereocenters. The van der Waals surface area contributed by atoms with Crippen molar-refractivity contribution in [2.75, 3.05) is 11.9 Å². The Kier molecular flexibility index (Phi) is 8.13. The molecule has 5 rings (SSSR count). The minimum absolute atomic E-state index is 0. The van der Waals surface area contributed by atoms with Gasteiger partial charge in [-0.2, -0.15) is 4.98 Å². The first-order valence-corrected chi connectivity index (χ1v) is 11.8. The molecule has 192 valence electrons. The average molecular weight is 531 g/mol. The second-order valence-corrected chi connectivity index (χ2v) is 10.2. The van der Waals surface area contributed by atoms with Gasteiger partial charge in [-0.15, -0.1) is 24.8 Å². The molecular formula is C26H33Cl2N7O. The number of aromatic nitrogens is 5. The highest BCUT2D eigenvalue weighted by molar-refractivity contribution is 5.85. The number of hydrogen-bond acceptors (Lipinski definition) is 6. The normalized spacial score (nSPS) is 13.2. The maximum absolute atomic E-state index is 13.3. The van der Waals surface area contributed by atoms with Gasteiger partial charge in [0.25, 0.3) is 5.56 Å². The molecule has 36 heavy (non-hydrogen) atoms. The molecule has 8 nitrogen and oxygen atoms in total. The van der Waals surface area contributed by atoms with Crippen LogP contribution in [0.1, 0.15) is 57.5 Å². The average Bonchev–Trinajstić information content (AvgIpc) is 3.10. The van der Waals surface area contributed by atoms with E-state index in [4.69, 9.17) is 9.97 Å². The Hall–Kier alpha value is -2.94. The predicted molar refractivity (Wildman–Crippen MR) is 150 cm³/mol. The van der Waals surface area contributed by atoms with Crippen LogP contribution in [0.2, 0.25) is 0 Å². The summed E-state index contributed by atoms with van der Waals surface area (Å²) in [6, 6.07) is 12.2. The first-order valence-electron chi connectivity index (χ1n) is 11.8. The van der Waals surface area contributed by atoms with Crippen LogP contribution in [-0.2, 0) is 18.4 Å². The summed E-state index contributed by atoms with van der Waals surface area (Å²) < 4.78 is 3.52. The van der Waals surface area contributed by atoms with E-state index in [1.807, 2.05) is 42.8 Å². The van der Waals surface area contributed by atoms with Gasteiger partial charge in [0.1, 0.15) is 5.39 Å². The molecular weight excluding hydrogens is 497 g/mol. The van der Waals surface area contributed by atoms with E-state index in [1.165, 1.54) is 11.1 Å². The van der Waals surface area contributed by atoms with Crippen LogP contribution < -0.4 is 16.2 Å². The van der Waals surface area contributed by atoms with Crippen molar-refractivity contribution in [1.82, 2.24) is 29.6 Å². The monoisotopic (exact) mass is 529 g/mol. The van der Waals surface area contributed by atoms with E-state index in [0.29, 0.717) is 22.8 Å². The molecule has 0 saturated heterocycles. The molecule has 0 bridgehead atoms. The third-order valence-corrected chi connectivity index (χ3v) is 6.18. The summed E-state index contributed by atoms with van der Waals surface area (Å²) in [7, 11) is 0. The van der Waals surface area contributed by atoms with Gasteiger partial charge in [0.2, 0.25) is 5.95 Å². The number of halogens is 2. The maximum Gasteiger partial charge on any atom is 0.278 e. The molecule has 4 aromatic rings. The van der Waals surface area contributed by atoms with E-state index in [9.17, 15) is 4.79 Å². The lowest BCUT2D eigenvalue weighted by atomic mass is 9.92. The first kappa shape index (κ1) is 27.6. The largest absolute Gasteiger partial charge is 0.324 e. The van der Waals surface area contributed by atoms with Crippen LogP contribution >= 0.6 is 24.8 Å². The number of fused-ring (bicyclic) bond motifs is 2. The van der Waals surface area contributed by atoms with Crippen molar-refractivity contribution in [3.63, 3.8) is 0 Å². The Balaban J connectivity index is 0.00000180. The topological polar surface area (TPSA) is 89.7 Å². The van der Waals surface area contributed by atoms with Crippen LogP contribution in [0.3, 0.4) is 0 Å². The second kappa shape index (κ2) is 10.6. The van der Waals surface area contributed by atoms with Crippen molar-refractivity contribution < 1.29 is 0 Å². The van der Waals surface area contributed by atoms with Crippen LogP contribution in [0.4, 0.5) is 11.6 Å². The Morgan fingerprint density at radius 3 is 2.56 bits per heavy atom. The van der Waals surface area contributed by atoms with Gasteiger partial charge in [0.15, 0.2) is 11.5 Å². The van der Waals surface area contributed by atoms with Crippen LogP contribution in [0.25, 0.3) is 16.9 Å². The minimum atomic E-state index is -0.124. The summed E-state index contributed by atoms with van der Waals surface area (Å²) in [5.41, 5.74) is 4.83. The number of anilines is 2. The fraction of sp³-hybridized carbons (Fsp3) is 0.385. The number of rotatable bonds is 4. The fourth-order valence-corrected chi connectivity index (χ4v) is 4.39. The van der Waals surface area contributed by atoms with E-state index < -0.39 is 0 Å². The summed E-state index contributed by atoms with van der Waals surface area (Å²) in [5.74, 6) is 1.11. The molecule has 10 heteroatoms. The van der Waals surface area contributed by atoms with Gasteiger partial charge in [0.05, 0.1) is 0 Å². The van der Waals surface area contributed by atoms with Crippen LogP contribution in [0.5, 0.6) is 0 Å². The zero-order valence-electron chi connectivity index (χ0n) is 21.2. The molecule has 0 saturated carbocycles. The predicted octanol–water partition coefficient (Wildman–Crippen LogP) is 5.09. The highest BCUT2D eigenvalue weighted by atomic mass is 35.5. The molecule has 2 N–H and O–H groups in total. The molecule has 0 aliphatic carbocycles. The number of pyridine rings is 1. The van der Waals surface area contributed by atoms with E-state index >= 15 is 0 Å². The van der Waals surface area contributed by atoms with Gasteiger partial charge < -0.3 is 10.6 Å². The third kappa shape index (κ3) is 5.12. The summed E-state index contributed by atoms with van der Waals surface area (Å²) >= 11 is 0. The van der Waals surface area contributed by atoms with E-state index in [-0.39, 0.29) is 41.8 Å². The van der Waals surface area contributed by atoms with Crippen molar-refractivity contribution >= 4 is 47.5 Å². The molecule has 4 heterocycles. The Morgan fingerprint density at radius 1 is 1.06 bits per heavy atom. The third-order valence-electron chi connectivity index (χ3n) is 6.18. The molecule has 0 radical (unpaired) electrons. The Bertz CT molecular complexity index is 1440. The summed E-state index contributed by atoms with van der Waals surface area (Å²) in [4.78, 5) is 27.4. The number of benzene rings is 1. The van der Waals surface area contributed by atoms with Crippen LogP contribution in [-0.4, -0.2) is 30.9 Å². The maximum atomic E-state index is 13.3. The summed E-state index contributed by atoms with van der Waals surface area (Å²) in [5, 5.41) is 7.20. The number of nitrogens with zero attached hydrogens (tertiary/aromatic N) is 5. The standard InChI is InChI=1S/C26H31N7O.2ClH/c1-16(2)32-24(34)20-15-28-25(29-19-10-9-18-14-27-12-11-17(18)13-19)31-23(20)33(32)22-8-6-7-21(30-22)26(3,4)5;;/h6-10,13,15-16,27H,11-12,14H2,1-5H3,(H,28,29,31);2*1H. The van der Waals surface area contributed by atoms with E-state index in [0.717, 1.165) is 30.9 Å². The lowest BCUT2D eigenvalue weighted by Gasteiger charge is -2.20. The van der Waals surface area contributed by atoms with Gasteiger partial charge in [-0.1, -0.05) is 32.9 Å². The Labute approximate surface area is 223 Å². The molecule has 1 aromatic carbocycles. The van der Waals surface area contributed by atoms with Crippen molar-refractivity contribution in [3.8, 4) is 5.82 Å². The van der Waals surface area contributed by atoms with Crippen molar-refractivity contribution in [3.05, 3.63) is 69.8 Å². The number of nitrogens with one attached hydrogen (secondary N) is 2. The Morgan fingerprint density at radius 2 is 1.83 bits per heavy atom. The van der Waals surface area contributed by atoms with E-state index in [1.54, 1.807) is 10.9 Å².